The predicted octanol–water partition coefficient (Wildman–Crippen LogP) is 4.65. The molecule has 0 bridgehead atoms. The second-order valence-electron chi connectivity index (χ2n) is 8.42. The number of hydrogen-bond donors (Lipinski definition) is 0. The average Bonchev–Trinajstić information content (AvgIpc) is 3.42. The van der Waals surface area contributed by atoms with Crippen LogP contribution in [0.3, 0.4) is 0 Å². The molecule has 144 valence electrons. The second kappa shape index (κ2) is 7.08. The molecular formula is C24H27N3O. The van der Waals surface area contributed by atoms with Gasteiger partial charge in [-0.2, -0.15) is 0 Å². The Morgan fingerprint density at radius 3 is 2.57 bits per heavy atom. The van der Waals surface area contributed by atoms with E-state index in [-0.39, 0.29) is 5.92 Å². The number of carbonyl (C=O) groups is 1. The molecule has 0 radical (unpaired) electrons. The molecule has 1 aliphatic heterocycles. The Labute approximate surface area is 166 Å². The number of aryl methyl sites for hydroxylation is 1. The highest BCUT2D eigenvalue weighted by Crippen LogP contribution is 2.35. The molecule has 0 N–H and O–H groups in total. The second-order valence-corrected chi connectivity index (χ2v) is 8.42. The van der Waals surface area contributed by atoms with Crippen LogP contribution in [0, 0.1) is 6.92 Å². The van der Waals surface area contributed by atoms with Crippen molar-refractivity contribution in [3.63, 3.8) is 0 Å². The number of imidazole rings is 1. The molecule has 1 aromatic heterocycles. The van der Waals surface area contributed by atoms with Crippen molar-refractivity contribution in [1.29, 1.82) is 0 Å². The number of para-hydroxylation sites is 2. The molecule has 2 fully saturated rings. The van der Waals surface area contributed by atoms with Gasteiger partial charge in [0.1, 0.15) is 5.82 Å². The number of benzene rings is 2. The van der Waals surface area contributed by atoms with Crippen LogP contribution in [0.2, 0.25) is 0 Å². The molecule has 5 rings (SSSR count). The monoisotopic (exact) mass is 373 g/mol. The Morgan fingerprint density at radius 1 is 1.04 bits per heavy atom. The van der Waals surface area contributed by atoms with Crippen LogP contribution in [0.25, 0.3) is 11.0 Å². The molecule has 1 saturated carbocycles. The number of hydrogen-bond acceptors (Lipinski definition) is 2. The Kier molecular flexibility index (Phi) is 4.42. The topological polar surface area (TPSA) is 38.1 Å². The summed E-state index contributed by atoms with van der Waals surface area (Å²) in [6.45, 7) is 3.73. The zero-order chi connectivity index (χ0) is 19.1. The number of amides is 1. The first-order chi connectivity index (χ1) is 13.7. The molecule has 2 aliphatic rings. The maximum absolute atomic E-state index is 12.8. The van der Waals surface area contributed by atoms with Gasteiger partial charge in [-0.3, -0.25) is 4.79 Å². The van der Waals surface area contributed by atoms with Crippen molar-refractivity contribution in [2.75, 3.05) is 6.54 Å². The van der Waals surface area contributed by atoms with Gasteiger partial charge in [0.05, 0.1) is 11.0 Å². The minimum atomic E-state index is 0.186. The smallest absolute Gasteiger partial charge is 0.223 e. The lowest BCUT2D eigenvalue weighted by atomic mass is 10.1. The first kappa shape index (κ1) is 17.5. The van der Waals surface area contributed by atoms with Crippen LogP contribution >= 0.6 is 0 Å². The van der Waals surface area contributed by atoms with Crippen LogP contribution in [0.1, 0.15) is 55.0 Å². The zero-order valence-electron chi connectivity index (χ0n) is 16.5. The van der Waals surface area contributed by atoms with Crippen molar-refractivity contribution in [2.45, 2.75) is 57.5 Å². The van der Waals surface area contributed by atoms with Gasteiger partial charge < -0.3 is 9.47 Å². The average molecular weight is 374 g/mol. The highest BCUT2D eigenvalue weighted by Gasteiger charge is 2.38. The quantitative estimate of drug-likeness (QED) is 0.667. The molecule has 1 atom stereocenters. The number of nitrogens with zero attached hydrogens (tertiary/aromatic N) is 3. The Hall–Kier alpha value is -2.62. The number of fused-ring (bicyclic) bond motifs is 1. The van der Waals surface area contributed by atoms with Crippen LogP contribution in [-0.4, -0.2) is 32.9 Å². The first-order valence-electron chi connectivity index (χ1n) is 10.5. The molecule has 2 heterocycles. The number of aromatic nitrogens is 2. The summed E-state index contributed by atoms with van der Waals surface area (Å²) in [5.41, 5.74) is 4.72. The lowest BCUT2D eigenvalue weighted by Gasteiger charge is -2.24. The van der Waals surface area contributed by atoms with Crippen molar-refractivity contribution in [3.8, 4) is 0 Å². The Balaban J connectivity index is 1.50. The molecule has 4 heteroatoms. The third-order valence-corrected chi connectivity index (χ3v) is 6.43. The molecule has 1 amide bonds. The van der Waals surface area contributed by atoms with E-state index in [0.29, 0.717) is 18.4 Å². The SMILES string of the molecule is Cc1ccc(Cn2c(C3CC(=O)N(C4CCCC4)C3)nc3ccccc32)cc1. The molecule has 1 aliphatic carbocycles. The van der Waals surface area contributed by atoms with Gasteiger partial charge in [0.15, 0.2) is 0 Å². The van der Waals surface area contributed by atoms with Gasteiger partial charge in [-0.05, 0) is 37.5 Å². The molecule has 4 nitrogen and oxygen atoms in total. The molecule has 1 unspecified atom stereocenters. The highest BCUT2D eigenvalue weighted by atomic mass is 16.2. The standard InChI is InChI=1S/C24H27N3O/c1-17-10-12-18(13-11-17)15-27-22-9-5-4-8-21(22)25-24(27)19-14-23(28)26(16-19)20-6-2-3-7-20/h4-5,8-13,19-20H,2-3,6-7,14-16H2,1H3. The Bertz CT molecular complexity index is 998. The molecule has 0 spiro atoms. The van der Waals surface area contributed by atoms with Crippen LogP contribution in [0.5, 0.6) is 0 Å². The molecular weight excluding hydrogens is 346 g/mol. The van der Waals surface area contributed by atoms with Gasteiger partial charge in [0.25, 0.3) is 0 Å². The van der Waals surface area contributed by atoms with Crippen molar-refractivity contribution < 1.29 is 4.79 Å². The minimum absolute atomic E-state index is 0.186. The summed E-state index contributed by atoms with van der Waals surface area (Å²) in [6.07, 6.45) is 5.43. The summed E-state index contributed by atoms with van der Waals surface area (Å²) < 4.78 is 2.33. The van der Waals surface area contributed by atoms with Crippen molar-refractivity contribution in [1.82, 2.24) is 14.5 Å². The van der Waals surface area contributed by atoms with Crippen LogP contribution in [0.15, 0.2) is 48.5 Å². The van der Waals surface area contributed by atoms with E-state index < -0.39 is 0 Å². The van der Waals surface area contributed by atoms with Gasteiger partial charge >= 0.3 is 0 Å². The van der Waals surface area contributed by atoms with Crippen molar-refractivity contribution in [3.05, 3.63) is 65.5 Å². The van der Waals surface area contributed by atoms with Crippen molar-refractivity contribution >= 4 is 16.9 Å². The highest BCUT2D eigenvalue weighted by molar-refractivity contribution is 5.81. The fourth-order valence-electron chi connectivity index (χ4n) is 4.92. The maximum Gasteiger partial charge on any atom is 0.223 e. The first-order valence-corrected chi connectivity index (χ1v) is 10.5. The van der Waals surface area contributed by atoms with E-state index in [1.165, 1.54) is 24.0 Å². The fourth-order valence-corrected chi connectivity index (χ4v) is 4.92. The molecule has 2 aromatic carbocycles. The largest absolute Gasteiger partial charge is 0.339 e. The summed E-state index contributed by atoms with van der Waals surface area (Å²) in [4.78, 5) is 19.9. The summed E-state index contributed by atoms with van der Waals surface area (Å²) in [5, 5.41) is 0. The van der Waals surface area contributed by atoms with E-state index in [4.69, 9.17) is 4.98 Å². The number of likely N-dealkylation sites (tertiary alicyclic amines) is 1. The Morgan fingerprint density at radius 2 is 1.79 bits per heavy atom. The third kappa shape index (κ3) is 3.11. The van der Waals surface area contributed by atoms with E-state index in [9.17, 15) is 4.79 Å². The minimum Gasteiger partial charge on any atom is -0.339 e. The fraction of sp³-hybridized carbons (Fsp3) is 0.417. The van der Waals surface area contributed by atoms with E-state index >= 15 is 0 Å². The normalized spacial score (nSPS) is 20.5. The van der Waals surface area contributed by atoms with E-state index in [0.717, 1.165) is 42.8 Å². The predicted molar refractivity (Wildman–Crippen MR) is 111 cm³/mol. The summed E-state index contributed by atoms with van der Waals surface area (Å²) >= 11 is 0. The maximum atomic E-state index is 12.8. The summed E-state index contributed by atoms with van der Waals surface area (Å²) in [7, 11) is 0. The number of carbonyl (C=O) groups excluding carboxylic acids is 1. The van der Waals surface area contributed by atoms with E-state index in [1.54, 1.807) is 0 Å². The van der Waals surface area contributed by atoms with Gasteiger partial charge in [0, 0.05) is 31.5 Å². The summed E-state index contributed by atoms with van der Waals surface area (Å²) in [6, 6.07) is 17.5. The van der Waals surface area contributed by atoms with Crippen LogP contribution in [0.4, 0.5) is 0 Å². The van der Waals surface area contributed by atoms with Gasteiger partial charge in [-0.1, -0.05) is 54.8 Å². The number of rotatable bonds is 4. The van der Waals surface area contributed by atoms with Crippen LogP contribution < -0.4 is 0 Å². The van der Waals surface area contributed by atoms with E-state index in [2.05, 4.69) is 58.9 Å². The molecule has 28 heavy (non-hydrogen) atoms. The molecule has 1 saturated heterocycles. The lowest BCUT2D eigenvalue weighted by molar-refractivity contribution is -0.129. The van der Waals surface area contributed by atoms with E-state index in [1.807, 2.05) is 6.07 Å². The van der Waals surface area contributed by atoms with Gasteiger partial charge in [-0.25, -0.2) is 4.98 Å². The van der Waals surface area contributed by atoms with Gasteiger partial charge in [-0.15, -0.1) is 0 Å². The van der Waals surface area contributed by atoms with Crippen LogP contribution in [-0.2, 0) is 11.3 Å². The lowest BCUT2D eigenvalue weighted by Crippen LogP contribution is -2.34. The van der Waals surface area contributed by atoms with Crippen molar-refractivity contribution in [2.24, 2.45) is 0 Å². The van der Waals surface area contributed by atoms with Gasteiger partial charge in [0.2, 0.25) is 5.91 Å². The zero-order valence-corrected chi connectivity index (χ0v) is 16.5. The molecule has 3 aromatic rings. The summed E-state index contributed by atoms with van der Waals surface area (Å²) in [5.74, 6) is 1.56. The third-order valence-electron chi connectivity index (χ3n) is 6.43.